The molecule has 0 aliphatic heterocycles. The highest BCUT2D eigenvalue weighted by Crippen LogP contribution is 2.16. The zero-order valence-electron chi connectivity index (χ0n) is 11.7. The first-order valence-electron chi connectivity index (χ1n) is 6.02. The molecule has 1 amide bonds. The molecular weight excluding hydrogens is 264 g/mol. The van der Waals surface area contributed by atoms with Gasteiger partial charge in [-0.25, -0.2) is 9.78 Å². The van der Waals surface area contributed by atoms with E-state index in [2.05, 4.69) is 4.98 Å². The Bertz CT molecular complexity index is 496. The third kappa shape index (κ3) is 4.85. The van der Waals surface area contributed by atoms with Crippen molar-refractivity contribution >= 4 is 17.9 Å². The highest BCUT2D eigenvalue weighted by Gasteiger charge is 2.26. The number of aliphatic carboxylic acids is 1. The molecule has 0 unspecified atom stereocenters. The second-order valence-electron chi connectivity index (χ2n) is 5.11. The van der Waals surface area contributed by atoms with Crippen LogP contribution >= 0.6 is 0 Å². The fraction of sp³-hybridized carbons (Fsp3) is 0.462. The van der Waals surface area contributed by atoms with Crippen LogP contribution < -0.4 is 4.90 Å². The van der Waals surface area contributed by atoms with E-state index in [-0.39, 0.29) is 12.4 Å². The molecule has 0 saturated heterocycles. The monoisotopic (exact) mass is 282 g/mol. The summed E-state index contributed by atoms with van der Waals surface area (Å²) in [5, 5.41) is 17.9. The van der Waals surface area contributed by atoms with Gasteiger partial charge in [-0.3, -0.25) is 9.69 Å². The van der Waals surface area contributed by atoms with E-state index in [4.69, 9.17) is 14.9 Å². The van der Waals surface area contributed by atoms with Crippen molar-refractivity contribution in [2.75, 3.05) is 11.4 Å². The van der Waals surface area contributed by atoms with Gasteiger partial charge in [0.1, 0.15) is 18.0 Å². The molecule has 1 aromatic heterocycles. The maximum absolute atomic E-state index is 12.0. The predicted octanol–water partition coefficient (Wildman–Crippen LogP) is 1.40. The number of carboxylic acids is 1. The molecule has 0 bridgehead atoms. The van der Waals surface area contributed by atoms with Crippen LogP contribution in [0, 0.1) is 0 Å². The number of aliphatic hydroxyl groups is 1. The van der Waals surface area contributed by atoms with E-state index < -0.39 is 24.2 Å². The minimum atomic E-state index is -1.19. The van der Waals surface area contributed by atoms with E-state index in [1.807, 2.05) is 0 Å². The van der Waals surface area contributed by atoms with Crippen molar-refractivity contribution in [3.05, 3.63) is 23.9 Å². The molecule has 1 rings (SSSR count). The number of rotatable bonds is 4. The molecule has 0 spiro atoms. The summed E-state index contributed by atoms with van der Waals surface area (Å²) < 4.78 is 5.15. The van der Waals surface area contributed by atoms with E-state index >= 15 is 0 Å². The minimum absolute atomic E-state index is 0.119. The Balaban J connectivity index is 3.04. The van der Waals surface area contributed by atoms with Crippen molar-refractivity contribution < 1.29 is 24.5 Å². The Hall–Kier alpha value is -2.15. The van der Waals surface area contributed by atoms with E-state index in [9.17, 15) is 9.59 Å². The molecule has 0 aliphatic carbocycles. The highest BCUT2D eigenvalue weighted by molar-refractivity contribution is 5.92. The molecule has 0 radical (unpaired) electrons. The molecule has 1 heterocycles. The Morgan fingerprint density at radius 1 is 1.35 bits per heavy atom. The Kier molecular flexibility index (Phi) is 5.04. The standard InChI is InChI=1S/C13H18N2O5/c1-13(2,3)20-12(19)15(7-11(17)18)10-6-4-5-9(8-16)14-10/h4-6,16H,7-8H2,1-3H3,(H,17,18). The Morgan fingerprint density at radius 3 is 2.50 bits per heavy atom. The Morgan fingerprint density at radius 2 is 2.00 bits per heavy atom. The zero-order chi connectivity index (χ0) is 15.3. The predicted molar refractivity (Wildman–Crippen MR) is 71.4 cm³/mol. The van der Waals surface area contributed by atoms with Gasteiger partial charge in [0.2, 0.25) is 0 Å². The number of aromatic nitrogens is 1. The van der Waals surface area contributed by atoms with Crippen LogP contribution in [0.25, 0.3) is 0 Å². The molecule has 7 nitrogen and oxygen atoms in total. The summed E-state index contributed by atoms with van der Waals surface area (Å²) in [7, 11) is 0. The minimum Gasteiger partial charge on any atom is -0.480 e. The maximum atomic E-state index is 12.0. The Labute approximate surface area is 116 Å². The number of amides is 1. The van der Waals surface area contributed by atoms with Crippen molar-refractivity contribution in [3.63, 3.8) is 0 Å². The van der Waals surface area contributed by atoms with Crippen LogP contribution in [0.2, 0.25) is 0 Å². The normalized spacial score (nSPS) is 11.0. The van der Waals surface area contributed by atoms with Crippen LogP contribution in [0.5, 0.6) is 0 Å². The summed E-state index contributed by atoms with van der Waals surface area (Å²) in [5.41, 5.74) is -0.413. The lowest BCUT2D eigenvalue weighted by Gasteiger charge is -2.25. The SMILES string of the molecule is CC(C)(C)OC(=O)N(CC(=O)O)c1cccc(CO)n1. The van der Waals surface area contributed by atoms with Crippen molar-refractivity contribution in [1.82, 2.24) is 4.98 Å². The largest absolute Gasteiger partial charge is 0.480 e. The number of pyridine rings is 1. The van der Waals surface area contributed by atoms with Gasteiger partial charge < -0.3 is 14.9 Å². The van der Waals surface area contributed by atoms with Crippen LogP contribution in [0.15, 0.2) is 18.2 Å². The number of nitrogens with zero attached hydrogens (tertiary/aromatic N) is 2. The molecule has 0 atom stereocenters. The van der Waals surface area contributed by atoms with Crippen molar-refractivity contribution in [3.8, 4) is 0 Å². The van der Waals surface area contributed by atoms with E-state index in [1.54, 1.807) is 32.9 Å². The van der Waals surface area contributed by atoms with Gasteiger partial charge in [-0.1, -0.05) is 6.07 Å². The lowest BCUT2D eigenvalue weighted by atomic mass is 10.2. The summed E-state index contributed by atoms with van der Waals surface area (Å²) in [6, 6.07) is 4.62. The molecule has 0 saturated carbocycles. The number of carbonyl (C=O) groups excluding carboxylic acids is 1. The van der Waals surface area contributed by atoms with Crippen LogP contribution in [0.4, 0.5) is 10.6 Å². The topological polar surface area (TPSA) is 100.0 Å². The summed E-state index contributed by atoms with van der Waals surface area (Å²) in [6.07, 6.45) is -0.803. The summed E-state index contributed by atoms with van der Waals surface area (Å²) in [4.78, 5) is 27.8. The third-order valence-electron chi connectivity index (χ3n) is 2.14. The number of ether oxygens (including phenoxy) is 1. The van der Waals surface area contributed by atoms with E-state index in [0.717, 1.165) is 4.90 Å². The number of carbonyl (C=O) groups is 2. The first kappa shape index (κ1) is 15.9. The molecule has 0 aliphatic rings. The van der Waals surface area contributed by atoms with Gasteiger partial charge in [0.25, 0.3) is 0 Å². The van der Waals surface area contributed by atoms with E-state index in [1.165, 1.54) is 6.07 Å². The smallest absolute Gasteiger partial charge is 0.416 e. The quantitative estimate of drug-likeness (QED) is 0.865. The molecule has 110 valence electrons. The average Bonchev–Trinajstić information content (AvgIpc) is 2.33. The van der Waals surface area contributed by atoms with Gasteiger partial charge in [0.15, 0.2) is 0 Å². The van der Waals surface area contributed by atoms with Crippen LogP contribution in [0.1, 0.15) is 26.5 Å². The zero-order valence-corrected chi connectivity index (χ0v) is 11.7. The number of carboxylic acid groups (broad SMARTS) is 1. The number of hydrogen-bond acceptors (Lipinski definition) is 5. The molecular formula is C13H18N2O5. The van der Waals surface area contributed by atoms with Crippen LogP contribution in [-0.4, -0.2) is 39.4 Å². The summed E-state index contributed by atoms with van der Waals surface area (Å²) >= 11 is 0. The maximum Gasteiger partial charge on any atom is 0.416 e. The van der Waals surface area contributed by atoms with Gasteiger partial charge in [0, 0.05) is 0 Å². The van der Waals surface area contributed by atoms with Gasteiger partial charge in [-0.2, -0.15) is 0 Å². The summed E-state index contributed by atoms with van der Waals surface area (Å²) in [5.74, 6) is -1.07. The fourth-order valence-electron chi connectivity index (χ4n) is 1.40. The van der Waals surface area contributed by atoms with Crippen molar-refractivity contribution in [2.45, 2.75) is 33.0 Å². The lowest BCUT2D eigenvalue weighted by Crippen LogP contribution is -2.40. The first-order chi connectivity index (χ1) is 9.23. The molecule has 20 heavy (non-hydrogen) atoms. The second-order valence-corrected chi connectivity index (χ2v) is 5.11. The molecule has 0 fully saturated rings. The third-order valence-corrected chi connectivity index (χ3v) is 2.14. The molecule has 7 heteroatoms. The number of aliphatic hydroxyl groups excluding tert-OH is 1. The van der Waals surface area contributed by atoms with Crippen molar-refractivity contribution in [2.24, 2.45) is 0 Å². The van der Waals surface area contributed by atoms with Crippen LogP contribution in [0.3, 0.4) is 0 Å². The number of anilines is 1. The molecule has 2 N–H and O–H groups in total. The van der Waals surface area contributed by atoms with Crippen LogP contribution in [-0.2, 0) is 16.1 Å². The van der Waals surface area contributed by atoms with Gasteiger partial charge in [0.05, 0.1) is 12.3 Å². The molecule has 0 aromatic carbocycles. The van der Waals surface area contributed by atoms with Gasteiger partial charge >= 0.3 is 12.1 Å². The average molecular weight is 282 g/mol. The second kappa shape index (κ2) is 6.33. The fourth-order valence-corrected chi connectivity index (χ4v) is 1.40. The summed E-state index contributed by atoms with van der Waals surface area (Å²) in [6.45, 7) is 4.17. The van der Waals surface area contributed by atoms with Crippen molar-refractivity contribution in [1.29, 1.82) is 0 Å². The first-order valence-corrected chi connectivity index (χ1v) is 6.02. The lowest BCUT2D eigenvalue weighted by molar-refractivity contribution is -0.135. The molecule has 1 aromatic rings. The van der Waals surface area contributed by atoms with E-state index in [0.29, 0.717) is 5.69 Å². The highest BCUT2D eigenvalue weighted by atomic mass is 16.6. The van der Waals surface area contributed by atoms with Gasteiger partial charge in [-0.15, -0.1) is 0 Å². The number of hydrogen-bond donors (Lipinski definition) is 2. The van der Waals surface area contributed by atoms with Gasteiger partial charge in [-0.05, 0) is 32.9 Å².